The minimum Gasteiger partial charge on any atom is -0.396 e. The molecule has 1 aliphatic carbocycles. The zero-order valence-corrected chi connectivity index (χ0v) is 11.1. The Balaban J connectivity index is 2.45. The molecule has 1 amide bonds. The number of carbonyl (C=O) groups is 1. The van der Waals surface area contributed by atoms with Crippen molar-refractivity contribution in [3.63, 3.8) is 0 Å². The van der Waals surface area contributed by atoms with Gasteiger partial charge in [-0.3, -0.25) is 4.79 Å². The Bertz CT molecular complexity index is 272. The Morgan fingerprint density at radius 1 is 1.39 bits per heavy atom. The van der Waals surface area contributed by atoms with Gasteiger partial charge in [-0.2, -0.15) is 0 Å². The van der Waals surface area contributed by atoms with E-state index in [2.05, 4.69) is 5.32 Å². The summed E-state index contributed by atoms with van der Waals surface area (Å²) in [6.07, 6.45) is 0.618. The summed E-state index contributed by atoms with van der Waals surface area (Å²) in [6.45, 7) is 3.96. The molecule has 0 aromatic carbocycles. The first kappa shape index (κ1) is 15.3. The molecular formula is C13H23F2NO2. The zero-order valence-electron chi connectivity index (χ0n) is 11.1. The normalized spacial score (nSPS) is 21.9. The van der Waals surface area contributed by atoms with Crippen molar-refractivity contribution in [2.75, 3.05) is 6.61 Å². The Labute approximate surface area is 107 Å². The van der Waals surface area contributed by atoms with Crippen molar-refractivity contribution in [3.8, 4) is 0 Å². The van der Waals surface area contributed by atoms with Crippen molar-refractivity contribution in [2.24, 2.45) is 11.8 Å². The zero-order chi connectivity index (χ0) is 13.8. The minimum absolute atomic E-state index is 0.0197. The van der Waals surface area contributed by atoms with Crippen molar-refractivity contribution in [3.05, 3.63) is 0 Å². The maximum absolute atomic E-state index is 13.0. The van der Waals surface area contributed by atoms with Crippen LogP contribution >= 0.6 is 0 Å². The number of nitrogens with one attached hydrogen (secondary N) is 1. The first-order valence-electron chi connectivity index (χ1n) is 6.65. The van der Waals surface area contributed by atoms with E-state index in [0.717, 1.165) is 0 Å². The van der Waals surface area contributed by atoms with Crippen LogP contribution in [0, 0.1) is 11.8 Å². The Kier molecular flexibility index (Phi) is 5.50. The smallest absolute Gasteiger partial charge is 0.248 e. The highest BCUT2D eigenvalue weighted by Crippen LogP contribution is 2.36. The highest BCUT2D eigenvalue weighted by molar-refractivity contribution is 5.79. The molecule has 0 saturated heterocycles. The second-order valence-electron chi connectivity index (χ2n) is 5.50. The molecule has 0 radical (unpaired) electrons. The monoisotopic (exact) mass is 263 g/mol. The number of amides is 1. The van der Waals surface area contributed by atoms with Crippen LogP contribution in [-0.4, -0.2) is 29.6 Å². The summed E-state index contributed by atoms with van der Waals surface area (Å²) >= 11 is 0. The third-order valence-corrected chi connectivity index (χ3v) is 3.66. The van der Waals surface area contributed by atoms with E-state index in [1.54, 1.807) is 0 Å². The fourth-order valence-electron chi connectivity index (χ4n) is 2.31. The molecule has 106 valence electrons. The lowest BCUT2D eigenvalue weighted by molar-refractivity contribution is -0.130. The third-order valence-electron chi connectivity index (χ3n) is 3.66. The summed E-state index contributed by atoms with van der Waals surface area (Å²) in [5.41, 5.74) is 0. The molecule has 3 nitrogen and oxygen atoms in total. The van der Waals surface area contributed by atoms with Gasteiger partial charge in [0.25, 0.3) is 0 Å². The van der Waals surface area contributed by atoms with Gasteiger partial charge in [-0.15, -0.1) is 0 Å². The highest BCUT2D eigenvalue weighted by Gasteiger charge is 2.37. The number of rotatable bonds is 5. The molecule has 1 saturated carbocycles. The number of aliphatic hydroxyl groups excluding tert-OH is 1. The molecular weight excluding hydrogens is 240 g/mol. The van der Waals surface area contributed by atoms with E-state index in [9.17, 15) is 13.6 Å². The largest absolute Gasteiger partial charge is 0.396 e. The molecule has 0 bridgehead atoms. The lowest BCUT2D eigenvalue weighted by atomic mass is 9.85. The number of hydrogen-bond acceptors (Lipinski definition) is 2. The van der Waals surface area contributed by atoms with Crippen LogP contribution in [0.15, 0.2) is 0 Å². The van der Waals surface area contributed by atoms with Crippen molar-refractivity contribution in [1.29, 1.82) is 0 Å². The molecule has 2 N–H and O–H groups in total. The van der Waals surface area contributed by atoms with Gasteiger partial charge >= 0.3 is 0 Å². The Morgan fingerprint density at radius 2 is 1.94 bits per heavy atom. The molecule has 1 atom stereocenters. The number of carbonyl (C=O) groups excluding carboxylic acids is 1. The summed E-state index contributed by atoms with van der Waals surface area (Å²) < 4.78 is 26.0. The second kappa shape index (κ2) is 6.45. The SMILES string of the molecule is CC(C)C(CCO)NC(=O)C1CCC(F)(F)CC1. The van der Waals surface area contributed by atoms with Gasteiger partial charge in [-0.1, -0.05) is 13.8 Å². The minimum atomic E-state index is -2.60. The van der Waals surface area contributed by atoms with E-state index < -0.39 is 5.92 Å². The predicted octanol–water partition coefficient (Wildman–Crippen LogP) is 2.34. The number of halogens is 2. The molecule has 0 aromatic rings. The molecule has 0 heterocycles. The Morgan fingerprint density at radius 3 is 2.39 bits per heavy atom. The van der Waals surface area contributed by atoms with E-state index >= 15 is 0 Å². The summed E-state index contributed by atoms with van der Waals surface area (Å²) in [7, 11) is 0. The van der Waals surface area contributed by atoms with Gasteiger partial charge in [0.15, 0.2) is 0 Å². The van der Waals surface area contributed by atoms with Crippen LogP contribution in [0.25, 0.3) is 0 Å². The summed E-state index contributed by atoms with van der Waals surface area (Å²) in [5.74, 6) is -2.81. The maximum atomic E-state index is 13.0. The van der Waals surface area contributed by atoms with Crippen LogP contribution in [0.5, 0.6) is 0 Å². The fourth-order valence-corrected chi connectivity index (χ4v) is 2.31. The van der Waals surface area contributed by atoms with Crippen molar-refractivity contribution < 1.29 is 18.7 Å². The average Bonchev–Trinajstić information content (AvgIpc) is 2.28. The Hall–Kier alpha value is -0.710. The molecule has 0 aromatic heterocycles. The molecule has 0 spiro atoms. The van der Waals surface area contributed by atoms with Gasteiger partial charge in [0.05, 0.1) is 0 Å². The molecule has 1 aliphatic rings. The topological polar surface area (TPSA) is 49.3 Å². The molecule has 18 heavy (non-hydrogen) atoms. The third kappa shape index (κ3) is 4.52. The predicted molar refractivity (Wildman–Crippen MR) is 65.4 cm³/mol. The lowest BCUT2D eigenvalue weighted by Crippen LogP contribution is -2.44. The van der Waals surface area contributed by atoms with Crippen LogP contribution < -0.4 is 5.32 Å². The van der Waals surface area contributed by atoms with Crippen LogP contribution in [-0.2, 0) is 4.79 Å². The number of aliphatic hydroxyl groups is 1. The van der Waals surface area contributed by atoms with Gasteiger partial charge in [0, 0.05) is 31.4 Å². The summed E-state index contributed by atoms with van der Waals surface area (Å²) in [6, 6.07) is -0.0788. The average molecular weight is 263 g/mol. The first-order chi connectivity index (χ1) is 8.35. The standard InChI is InChI=1S/C13H23F2NO2/c1-9(2)11(5-8-17)16-12(18)10-3-6-13(14,15)7-4-10/h9-11,17H,3-8H2,1-2H3,(H,16,18). The molecule has 0 aliphatic heterocycles. The van der Waals surface area contributed by atoms with Crippen LogP contribution in [0.3, 0.4) is 0 Å². The fraction of sp³-hybridized carbons (Fsp3) is 0.923. The van der Waals surface area contributed by atoms with Gasteiger partial charge in [0.1, 0.15) is 0 Å². The van der Waals surface area contributed by atoms with Gasteiger partial charge in [0.2, 0.25) is 11.8 Å². The molecule has 1 rings (SSSR count). The van der Waals surface area contributed by atoms with Crippen LogP contribution in [0.2, 0.25) is 0 Å². The van der Waals surface area contributed by atoms with Crippen molar-refractivity contribution >= 4 is 5.91 Å². The summed E-state index contributed by atoms with van der Waals surface area (Å²) in [4.78, 5) is 12.0. The van der Waals surface area contributed by atoms with E-state index in [4.69, 9.17) is 5.11 Å². The van der Waals surface area contributed by atoms with E-state index in [1.165, 1.54) is 0 Å². The van der Waals surface area contributed by atoms with Crippen LogP contribution in [0.4, 0.5) is 8.78 Å². The molecule has 1 unspecified atom stereocenters. The van der Waals surface area contributed by atoms with E-state index in [1.807, 2.05) is 13.8 Å². The second-order valence-corrected chi connectivity index (χ2v) is 5.50. The van der Waals surface area contributed by atoms with Gasteiger partial charge < -0.3 is 10.4 Å². The van der Waals surface area contributed by atoms with Crippen molar-refractivity contribution in [1.82, 2.24) is 5.32 Å². The molecule has 5 heteroatoms. The lowest BCUT2D eigenvalue weighted by Gasteiger charge is -2.30. The maximum Gasteiger partial charge on any atom is 0.248 e. The van der Waals surface area contributed by atoms with E-state index in [0.29, 0.717) is 6.42 Å². The highest BCUT2D eigenvalue weighted by atomic mass is 19.3. The quantitative estimate of drug-likeness (QED) is 0.800. The number of hydrogen-bond donors (Lipinski definition) is 2. The first-order valence-corrected chi connectivity index (χ1v) is 6.65. The number of alkyl halides is 2. The van der Waals surface area contributed by atoms with Crippen LogP contribution in [0.1, 0.15) is 46.0 Å². The molecule has 1 fully saturated rings. The van der Waals surface area contributed by atoms with Gasteiger partial charge in [-0.05, 0) is 25.2 Å². The van der Waals surface area contributed by atoms with Gasteiger partial charge in [-0.25, -0.2) is 8.78 Å². The van der Waals surface area contributed by atoms with Crippen molar-refractivity contribution in [2.45, 2.75) is 57.9 Å². The van der Waals surface area contributed by atoms with E-state index in [-0.39, 0.29) is 56.1 Å². The summed E-state index contributed by atoms with van der Waals surface area (Å²) in [5, 5.41) is 11.8.